The van der Waals surface area contributed by atoms with Crippen molar-refractivity contribution in [1.82, 2.24) is 0 Å². The highest BCUT2D eigenvalue weighted by Gasteiger charge is 2.34. The summed E-state index contributed by atoms with van der Waals surface area (Å²) >= 11 is 0.901. The number of hydrogen-bond acceptors (Lipinski definition) is 5. The molecule has 0 unspecified atom stereocenters. The van der Waals surface area contributed by atoms with Gasteiger partial charge in [0, 0.05) is 21.8 Å². The highest BCUT2D eigenvalue weighted by molar-refractivity contribution is 7.16. The van der Waals surface area contributed by atoms with Crippen LogP contribution in [0.3, 0.4) is 0 Å². The number of aryl methyl sites for hydroxylation is 1. The Labute approximate surface area is 225 Å². The Kier molecular flexibility index (Phi) is 9.77. The van der Waals surface area contributed by atoms with Gasteiger partial charge in [-0.25, -0.2) is 4.79 Å². The van der Waals surface area contributed by atoms with Gasteiger partial charge in [0.1, 0.15) is 5.75 Å². The van der Waals surface area contributed by atoms with Crippen molar-refractivity contribution in [3.63, 3.8) is 0 Å². The molecule has 0 N–H and O–H groups in total. The fourth-order valence-electron chi connectivity index (χ4n) is 4.01. The largest absolute Gasteiger partial charge is 0.494 e. The average Bonchev–Trinajstić information content (AvgIpc) is 2.86. The van der Waals surface area contributed by atoms with Gasteiger partial charge < -0.3 is 9.47 Å². The first-order valence-corrected chi connectivity index (χ1v) is 13.5. The van der Waals surface area contributed by atoms with Crippen LogP contribution >= 0.6 is 11.3 Å². The van der Waals surface area contributed by atoms with Gasteiger partial charge in [0.2, 0.25) is 4.74 Å². The first-order valence-electron chi connectivity index (χ1n) is 12.6. The van der Waals surface area contributed by atoms with Gasteiger partial charge >= 0.3 is 12.1 Å². The second-order valence-corrected chi connectivity index (χ2v) is 11.1. The predicted octanol–water partition coefficient (Wildman–Crippen LogP) is 8.20. The number of hydrogen-bond donors (Lipinski definition) is 0. The lowest BCUT2D eigenvalue weighted by Gasteiger charge is -2.23. The fourth-order valence-corrected chi connectivity index (χ4v) is 4.91. The summed E-state index contributed by atoms with van der Waals surface area (Å²) in [5.41, 5.74) is -0.525. The third kappa shape index (κ3) is 7.93. The van der Waals surface area contributed by atoms with Gasteiger partial charge in [-0.1, -0.05) is 63.7 Å². The van der Waals surface area contributed by atoms with Gasteiger partial charge in [0.05, 0.1) is 18.8 Å². The smallest absolute Gasteiger partial charge is 0.417 e. The Morgan fingerprint density at radius 2 is 1.82 bits per heavy atom. The molecule has 0 aliphatic carbocycles. The molecular formula is C30H33F3O4S. The number of carbonyl (C=O) groups excluding carboxylic acids is 1. The van der Waals surface area contributed by atoms with Crippen LogP contribution in [-0.4, -0.2) is 19.2 Å². The monoisotopic (exact) mass is 546 g/mol. The zero-order chi connectivity index (χ0) is 27.9. The van der Waals surface area contributed by atoms with Crippen molar-refractivity contribution in [1.29, 1.82) is 0 Å². The van der Waals surface area contributed by atoms with Crippen molar-refractivity contribution < 1.29 is 27.4 Å². The van der Waals surface area contributed by atoms with E-state index in [4.69, 9.17) is 9.47 Å². The third-order valence-electron chi connectivity index (χ3n) is 6.28. The number of carbonyl (C=O) groups is 1. The van der Waals surface area contributed by atoms with Crippen molar-refractivity contribution >= 4 is 27.4 Å². The van der Waals surface area contributed by atoms with Crippen LogP contribution < -0.4 is 9.48 Å². The molecule has 0 aliphatic heterocycles. The molecule has 0 amide bonds. The second kappa shape index (κ2) is 12.6. The summed E-state index contributed by atoms with van der Waals surface area (Å²) in [7, 11) is 0. The molecule has 4 nitrogen and oxygen atoms in total. The summed E-state index contributed by atoms with van der Waals surface area (Å²) in [6, 6.07) is 11.0. The van der Waals surface area contributed by atoms with Gasteiger partial charge in [-0.3, -0.25) is 4.79 Å². The second-order valence-electron chi connectivity index (χ2n) is 10.1. The third-order valence-corrected chi connectivity index (χ3v) is 7.25. The summed E-state index contributed by atoms with van der Waals surface area (Å²) in [6.45, 7) is 9.91. The van der Waals surface area contributed by atoms with Gasteiger partial charge in [0.15, 0.2) is 0 Å². The van der Waals surface area contributed by atoms with Crippen LogP contribution in [-0.2, 0) is 22.1 Å². The Balaban J connectivity index is 1.81. The average molecular weight is 547 g/mol. The Hall–Kier alpha value is -3.13. The van der Waals surface area contributed by atoms with Crippen LogP contribution in [0.4, 0.5) is 13.2 Å². The Bertz CT molecular complexity index is 1340. The summed E-state index contributed by atoms with van der Waals surface area (Å²) in [5, 5.41) is 0.661. The molecule has 0 saturated heterocycles. The molecule has 8 heteroatoms. The van der Waals surface area contributed by atoms with Gasteiger partial charge in [0.25, 0.3) is 0 Å². The first kappa shape index (κ1) is 29.4. The fraction of sp³-hybridized carbons (Fsp3) is 0.400. The van der Waals surface area contributed by atoms with Crippen molar-refractivity contribution in [3.8, 4) is 16.9 Å². The lowest BCUT2D eigenvalue weighted by Crippen LogP contribution is -2.23. The predicted molar refractivity (Wildman–Crippen MR) is 147 cm³/mol. The number of halogens is 3. The molecule has 0 bridgehead atoms. The van der Waals surface area contributed by atoms with Crippen LogP contribution in [0, 0.1) is 5.41 Å². The van der Waals surface area contributed by atoms with Gasteiger partial charge in [-0.2, -0.15) is 13.2 Å². The van der Waals surface area contributed by atoms with Crippen LogP contribution in [0.1, 0.15) is 57.6 Å². The number of unbranched alkanes of at least 4 members (excludes halogenated alkanes) is 2. The lowest BCUT2D eigenvalue weighted by atomic mass is 9.91. The molecule has 2 aromatic carbocycles. The molecule has 0 aliphatic rings. The number of ether oxygens (including phenoxy) is 2. The van der Waals surface area contributed by atoms with E-state index in [-0.39, 0.29) is 23.1 Å². The molecule has 1 heterocycles. The minimum absolute atomic E-state index is 0.0411. The number of rotatable bonds is 12. The van der Waals surface area contributed by atoms with Crippen LogP contribution in [0.25, 0.3) is 21.2 Å². The topological polar surface area (TPSA) is 52.6 Å². The molecule has 0 fully saturated rings. The van der Waals surface area contributed by atoms with Crippen LogP contribution in [0.2, 0.25) is 0 Å². The standard InChI is InChI=1S/C30H33F3O4S/c1-5-7-8-9-20-10-13-23(25(16-20)30(31,32)33)24-17-21-11-12-22(18-26(21)38-28(24)35)36-15-14-29(3,4)19-37-27(34)6-2/h6,10-13,16-18H,2,5,7-9,14-15,19H2,1,3-4H3. The highest BCUT2D eigenvalue weighted by atomic mass is 32.1. The first-order chi connectivity index (χ1) is 17.9. The normalized spacial score (nSPS) is 11.9. The number of esters is 1. The van der Waals surface area contributed by atoms with E-state index in [9.17, 15) is 22.8 Å². The maximum atomic E-state index is 14.0. The van der Waals surface area contributed by atoms with E-state index >= 15 is 0 Å². The van der Waals surface area contributed by atoms with E-state index in [2.05, 4.69) is 6.58 Å². The molecule has 3 rings (SSSR count). The SMILES string of the molecule is C=CC(=O)OCC(C)(C)CCOc1ccc2cc(-c3ccc(CCCCC)cc3C(F)(F)F)c(=O)sc2c1. The molecular weight excluding hydrogens is 513 g/mol. The summed E-state index contributed by atoms with van der Waals surface area (Å²) in [6.07, 6.45) is 0.489. The molecule has 38 heavy (non-hydrogen) atoms. The molecule has 0 spiro atoms. The zero-order valence-corrected chi connectivity index (χ0v) is 22.8. The quantitative estimate of drug-likeness (QED) is 0.131. The molecule has 0 atom stereocenters. The molecule has 0 radical (unpaired) electrons. The van der Waals surface area contributed by atoms with E-state index in [1.807, 2.05) is 20.8 Å². The van der Waals surface area contributed by atoms with Crippen molar-refractivity contribution in [2.45, 2.75) is 59.1 Å². The maximum Gasteiger partial charge on any atom is 0.417 e. The van der Waals surface area contributed by atoms with E-state index in [0.29, 0.717) is 40.8 Å². The Morgan fingerprint density at radius 1 is 1.05 bits per heavy atom. The molecule has 1 aromatic heterocycles. The van der Waals surface area contributed by atoms with Crippen LogP contribution in [0.5, 0.6) is 5.75 Å². The van der Waals surface area contributed by atoms with Crippen LogP contribution in [0.15, 0.2) is 59.9 Å². The van der Waals surface area contributed by atoms with E-state index < -0.39 is 22.5 Å². The summed E-state index contributed by atoms with van der Waals surface area (Å²) in [4.78, 5) is 24.3. The van der Waals surface area contributed by atoms with Crippen molar-refractivity contribution in [3.05, 3.63) is 75.8 Å². The number of alkyl halides is 3. The highest BCUT2D eigenvalue weighted by Crippen LogP contribution is 2.38. The maximum absolute atomic E-state index is 14.0. The van der Waals surface area contributed by atoms with E-state index in [1.165, 1.54) is 18.2 Å². The van der Waals surface area contributed by atoms with E-state index in [1.54, 1.807) is 24.3 Å². The minimum Gasteiger partial charge on any atom is -0.494 e. The Morgan fingerprint density at radius 3 is 2.50 bits per heavy atom. The van der Waals surface area contributed by atoms with Gasteiger partial charge in [-0.05, 0) is 66.1 Å². The number of fused-ring (bicyclic) bond motifs is 1. The molecule has 0 saturated carbocycles. The molecule has 204 valence electrons. The lowest BCUT2D eigenvalue weighted by molar-refractivity contribution is -0.141. The van der Waals surface area contributed by atoms with E-state index in [0.717, 1.165) is 36.7 Å². The minimum atomic E-state index is -4.57. The van der Waals surface area contributed by atoms with Crippen molar-refractivity contribution in [2.24, 2.45) is 5.41 Å². The summed E-state index contributed by atoms with van der Waals surface area (Å²) < 4.78 is 53.0. The molecule has 3 aromatic rings. The summed E-state index contributed by atoms with van der Waals surface area (Å²) in [5.74, 6) is 0.0697. The van der Waals surface area contributed by atoms with Gasteiger partial charge in [-0.15, -0.1) is 0 Å². The zero-order valence-electron chi connectivity index (χ0n) is 22.0. The van der Waals surface area contributed by atoms with Crippen molar-refractivity contribution in [2.75, 3.05) is 13.2 Å². The number of benzene rings is 2.